The van der Waals surface area contributed by atoms with Crippen LogP contribution in [0.2, 0.25) is 0 Å². The van der Waals surface area contributed by atoms with E-state index in [9.17, 15) is 4.79 Å². The molecule has 27 heavy (non-hydrogen) atoms. The zero-order valence-electron chi connectivity index (χ0n) is 15.8. The van der Waals surface area contributed by atoms with Crippen LogP contribution >= 0.6 is 11.8 Å². The second kappa shape index (κ2) is 9.51. The molecule has 2 aromatic rings. The summed E-state index contributed by atoms with van der Waals surface area (Å²) >= 11 is 1.54. The van der Waals surface area contributed by atoms with Gasteiger partial charge in [-0.3, -0.25) is 9.69 Å². The van der Waals surface area contributed by atoms with Crippen molar-refractivity contribution in [3.05, 3.63) is 71.3 Å². The van der Waals surface area contributed by atoms with Crippen LogP contribution in [0.25, 0.3) is 0 Å². The van der Waals surface area contributed by atoms with Crippen molar-refractivity contribution in [3.63, 3.8) is 0 Å². The van der Waals surface area contributed by atoms with Crippen molar-refractivity contribution < 1.29 is 4.79 Å². The highest BCUT2D eigenvalue weighted by Crippen LogP contribution is 2.32. The predicted octanol–water partition coefficient (Wildman–Crippen LogP) is 5.02. The van der Waals surface area contributed by atoms with Crippen molar-refractivity contribution in [2.75, 3.05) is 0 Å². The molecule has 1 fully saturated rings. The molecule has 1 atom stereocenters. The molecule has 1 amide bonds. The van der Waals surface area contributed by atoms with Crippen molar-refractivity contribution in [1.82, 2.24) is 4.90 Å². The summed E-state index contributed by atoms with van der Waals surface area (Å²) in [4.78, 5) is 14.6. The number of carbonyl (C=O) groups excluding carboxylic acids is 1. The minimum absolute atomic E-state index is 0.0537. The molecule has 1 heterocycles. The molecule has 0 radical (unpaired) electrons. The van der Waals surface area contributed by atoms with Gasteiger partial charge < -0.3 is 0 Å². The van der Waals surface area contributed by atoms with Crippen LogP contribution in [0.4, 0.5) is 0 Å². The van der Waals surface area contributed by atoms with Crippen molar-refractivity contribution in [2.45, 2.75) is 44.9 Å². The van der Waals surface area contributed by atoms with Gasteiger partial charge in [0.15, 0.2) is 5.17 Å². The van der Waals surface area contributed by atoms with E-state index in [2.05, 4.69) is 24.1 Å². The van der Waals surface area contributed by atoms with E-state index in [1.165, 1.54) is 17.3 Å². The Balaban J connectivity index is 1.77. The molecule has 0 N–H and O–H groups in total. The molecule has 0 aliphatic carbocycles. The number of aryl methyl sites for hydroxylation is 1. The number of nitrogens with zero attached hydrogens (tertiary/aromatic N) is 3. The molecule has 1 unspecified atom stereocenters. The van der Waals surface area contributed by atoms with Gasteiger partial charge >= 0.3 is 0 Å². The lowest BCUT2D eigenvalue weighted by Crippen LogP contribution is -2.31. The molecule has 2 aromatic carbocycles. The van der Waals surface area contributed by atoms with Gasteiger partial charge in [-0.05, 0) is 24.5 Å². The zero-order chi connectivity index (χ0) is 19.1. The Labute approximate surface area is 165 Å². The number of benzene rings is 2. The lowest BCUT2D eigenvalue weighted by molar-refractivity contribution is -0.126. The van der Waals surface area contributed by atoms with Gasteiger partial charge in [-0.25, -0.2) is 0 Å². The molecule has 5 heteroatoms. The third-order valence-electron chi connectivity index (χ3n) is 4.45. The second-order valence-corrected chi connectivity index (χ2v) is 7.87. The van der Waals surface area contributed by atoms with Gasteiger partial charge in [0, 0.05) is 0 Å². The van der Waals surface area contributed by atoms with E-state index in [-0.39, 0.29) is 11.2 Å². The molecule has 0 bridgehead atoms. The SMILES string of the molecule is CCCCC1SC(=NN=Cc2ccc(C)cc2)N(Cc2ccccc2)C1=O. The molecule has 0 saturated carbocycles. The largest absolute Gasteiger partial charge is 0.284 e. The normalized spacial score (nSPS) is 18.7. The lowest BCUT2D eigenvalue weighted by Gasteiger charge is -2.15. The Morgan fingerprint density at radius 1 is 1.11 bits per heavy atom. The van der Waals surface area contributed by atoms with Crippen LogP contribution in [0.1, 0.15) is 42.9 Å². The number of amides is 1. The number of rotatable bonds is 7. The van der Waals surface area contributed by atoms with Gasteiger partial charge in [0.2, 0.25) is 5.91 Å². The van der Waals surface area contributed by atoms with Crippen LogP contribution in [0.15, 0.2) is 64.8 Å². The van der Waals surface area contributed by atoms with Gasteiger partial charge in [0.1, 0.15) is 0 Å². The Morgan fingerprint density at radius 2 is 1.85 bits per heavy atom. The minimum Gasteiger partial charge on any atom is -0.284 e. The highest BCUT2D eigenvalue weighted by atomic mass is 32.2. The zero-order valence-corrected chi connectivity index (χ0v) is 16.7. The lowest BCUT2D eigenvalue weighted by atomic mass is 10.1. The van der Waals surface area contributed by atoms with Gasteiger partial charge in [-0.1, -0.05) is 91.7 Å². The predicted molar refractivity (Wildman–Crippen MR) is 114 cm³/mol. The van der Waals surface area contributed by atoms with E-state index in [1.54, 1.807) is 11.1 Å². The fourth-order valence-corrected chi connectivity index (χ4v) is 4.01. The first-order valence-corrected chi connectivity index (χ1v) is 10.2. The number of hydrogen-bond donors (Lipinski definition) is 0. The standard InChI is InChI=1S/C22H25N3OS/c1-3-4-10-20-21(26)25(16-19-8-6-5-7-9-19)22(27-20)24-23-15-18-13-11-17(2)12-14-18/h5-9,11-15,20H,3-4,10,16H2,1-2H3. The van der Waals surface area contributed by atoms with E-state index in [0.717, 1.165) is 30.4 Å². The summed E-state index contributed by atoms with van der Waals surface area (Å²) in [5, 5.41) is 9.26. The molecular weight excluding hydrogens is 354 g/mol. The first-order chi connectivity index (χ1) is 13.2. The number of thioether (sulfide) groups is 1. The molecule has 3 rings (SSSR count). The Hall–Kier alpha value is -2.40. The van der Waals surface area contributed by atoms with E-state index in [1.807, 2.05) is 54.6 Å². The summed E-state index contributed by atoms with van der Waals surface area (Å²) in [7, 11) is 0. The maximum atomic E-state index is 12.9. The van der Waals surface area contributed by atoms with Gasteiger partial charge in [-0.2, -0.15) is 5.10 Å². The van der Waals surface area contributed by atoms with E-state index >= 15 is 0 Å². The Kier molecular flexibility index (Phi) is 6.82. The van der Waals surface area contributed by atoms with Crippen molar-refractivity contribution in [1.29, 1.82) is 0 Å². The highest BCUT2D eigenvalue weighted by molar-refractivity contribution is 8.15. The van der Waals surface area contributed by atoms with Crippen molar-refractivity contribution in [2.24, 2.45) is 10.2 Å². The molecule has 1 aliphatic heterocycles. The van der Waals surface area contributed by atoms with Gasteiger partial charge in [0.05, 0.1) is 18.0 Å². The monoisotopic (exact) mass is 379 g/mol. The van der Waals surface area contributed by atoms with Crippen LogP contribution in [0.5, 0.6) is 0 Å². The minimum atomic E-state index is -0.0537. The van der Waals surface area contributed by atoms with Crippen molar-refractivity contribution in [3.8, 4) is 0 Å². The summed E-state index contributed by atoms with van der Waals surface area (Å²) in [6, 6.07) is 18.1. The summed E-state index contributed by atoms with van der Waals surface area (Å²) in [5.41, 5.74) is 3.30. The van der Waals surface area contributed by atoms with Crippen LogP contribution in [-0.4, -0.2) is 27.4 Å². The molecule has 0 aromatic heterocycles. The fraction of sp³-hybridized carbons (Fsp3) is 0.318. The van der Waals surface area contributed by atoms with Crippen LogP contribution in [-0.2, 0) is 11.3 Å². The van der Waals surface area contributed by atoms with E-state index in [4.69, 9.17) is 0 Å². The average Bonchev–Trinajstić information content (AvgIpc) is 2.98. The van der Waals surface area contributed by atoms with Crippen molar-refractivity contribution >= 4 is 29.1 Å². The molecule has 1 saturated heterocycles. The van der Waals surface area contributed by atoms with Gasteiger partial charge in [0.25, 0.3) is 0 Å². The van der Waals surface area contributed by atoms with E-state index in [0.29, 0.717) is 11.7 Å². The van der Waals surface area contributed by atoms with E-state index < -0.39 is 0 Å². The Morgan fingerprint density at radius 3 is 2.56 bits per heavy atom. The number of carbonyl (C=O) groups is 1. The second-order valence-electron chi connectivity index (χ2n) is 6.70. The first kappa shape index (κ1) is 19.4. The summed E-state index contributed by atoms with van der Waals surface area (Å²) in [6.07, 6.45) is 4.74. The van der Waals surface area contributed by atoms with Crippen LogP contribution in [0.3, 0.4) is 0 Å². The molecular formula is C22H25N3OS. The third-order valence-corrected chi connectivity index (χ3v) is 5.69. The quantitative estimate of drug-likeness (QED) is 0.501. The maximum absolute atomic E-state index is 12.9. The van der Waals surface area contributed by atoms with Gasteiger partial charge in [-0.15, -0.1) is 5.10 Å². The number of unbranched alkanes of at least 4 members (excludes halogenated alkanes) is 1. The maximum Gasteiger partial charge on any atom is 0.242 e. The third kappa shape index (κ3) is 5.30. The summed E-state index contributed by atoms with van der Waals surface area (Å²) in [6.45, 7) is 4.74. The summed E-state index contributed by atoms with van der Waals surface area (Å²) in [5.74, 6) is 0.140. The average molecular weight is 380 g/mol. The first-order valence-electron chi connectivity index (χ1n) is 9.37. The molecule has 0 spiro atoms. The number of amidine groups is 1. The number of hydrogen-bond acceptors (Lipinski definition) is 4. The van der Waals surface area contributed by atoms with Crippen LogP contribution in [0, 0.1) is 6.92 Å². The fourth-order valence-electron chi connectivity index (χ4n) is 2.87. The molecule has 1 aliphatic rings. The summed E-state index contributed by atoms with van der Waals surface area (Å²) < 4.78 is 0. The topological polar surface area (TPSA) is 45.0 Å². The highest BCUT2D eigenvalue weighted by Gasteiger charge is 2.37. The molecule has 4 nitrogen and oxygen atoms in total. The smallest absolute Gasteiger partial charge is 0.242 e. The molecule has 140 valence electrons. The Bertz CT molecular complexity index is 815. The van der Waals surface area contributed by atoms with Crippen LogP contribution < -0.4 is 0 Å².